The number of aryl methyl sites for hydroxylation is 1. The van der Waals surface area contributed by atoms with Crippen LogP contribution in [-0.2, 0) is 4.79 Å². The fourth-order valence-corrected chi connectivity index (χ4v) is 5.10. The van der Waals surface area contributed by atoms with Crippen molar-refractivity contribution in [2.75, 3.05) is 18.4 Å². The minimum Gasteiger partial charge on any atom is -0.369 e. The number of carbonyl (C=O) groups is 1. The summed E-state index contributed by atoms with van der Waals surface area (Å²) >= 11 is 6.82. The van der Waals surface area contributed by atoms with Gasteiger partial charge in [0.2, 0.25) is 0 Å². The number of rotatable bonds is 10. The lowest BCUT2D eigenvalue weighted by Gasteiger charge is -2.21. The molecular formula is C25H34N4O2S2. The van der Waals surface area contributed by atoms with Crippen molar-refractivity contribution in [3.8, 4) is 0 Å². The SMILES string of the molecule is CCCCC(CC)CN1C(=O)/C(=C/c2c(NCC(C)C)nc3c(C)cccn3c2=O)SC1=S. The monoisotopic (exact) mass is 486 g/mol. The third-order valence-corrected chi connectivity index (χ3v) is 7.27. The van der Waals surface area contributed by atoms with Crippen molar-refractivity contribution < 1.29 is 4.79 Å². The zero-order valence-electron chi connectivity index (χ0n) is 20.2. The van der Waals surface area contributed by atoms with Gasteiger partial charge >= 0.3 is 0 Å². The van der Waals surface area contributed by atoms with Crippen LogP contribution in [0.5, 0.6) is 0 Å². The maximum absolute atomic E-state index is 13.4. The van der Waals surface area contributed by atoms with Crippen LogP contribution in [-0.4, -0.2) is 37.6 Å². The Morgan fingerprint density at radius 1 is 1.27 bits per heavy atom. The van der Waals surface area contributed by atoms with Gasteiger partial charge in [-0.2, -0.15) is 0 Å². The normalized spacial score (nSPS) is 16.4. The number of hydrogen-bond acceptors (Lipinski definition) is 6. The Bertz CT molecular complexity index is 1120. The predicted octanol–water partition coefficient (Wildman–Crippen LogP) is 5.49. The number of thioether (sulfide) groups is 1. The number of nitrogens with one attached hydrogen (secondary N) is 1. The van der Waals surface area contributed by atoms with Gasteiger partial charge in [0.25, 0.3) is 11.5 Å². The molecule has 1 aliphatic heterocycles. The molecule has 8 heteroatoms. The van der Waals surface area contributed by atoms with Crippen molar-refractivity contribution >= 4 is 51.7 Å². The van der Waals surface area contributed by atoms with E-state index in [1.807, 2.05) is 19.1 Å². The molecule has 3 rings (SSSR count). The maximum atomic E-state index is 13.4. The third kappa shape index (κ3) is 5.84. The van der Waals surface area contributed by atoms with Crippen molar-refractivity contribution in [3.63, 3.8) is 0 Å². The quantitative estimate of drug-likeness (QED) is 0.354. The summed E-state index contributed by atoms with van der Waals surface area (Å²) in [5.74, 6) is 1.18. The molecule has 2 aromatic rings. The zero-order chi connectivity index (χ0) is 24.1. The number of aromatic nitrogens is 2. The standard InChI is InChI=1S/C25H34N4O2S2/c1-6-8-11-18(7-2)15-29-24(31)20(33-25(29)32)13-19-21(26-14-16(3)4)27-22-17(5)10-9-12-28(22)23(19)30/h9-10,12-13,16,18,26H,6-8,11,14-15H2,1-5H3/b20-13-. The lowest BCUT2D eigenvalue weighted by atomic mass is 9.99. The van der Waals surface area contributed by atoms with Crippen LogP contribution in [0.25, 0.3) is 11.7 Å². The van der Waals surface area contributed by atoms with E-state index in [1.54, 1.807) is 21.6 Å². The fraction of sp³-hybridized carbons (Fsp3) is 0.520. The number of fused-ring (bicyclic) bond motifs is 1. The van der Waals surface area contributed by atoms with Gasteiger partial charge in [0.15, 0.2) is 0 Å². The summed E-state index contributed by atoms with van der Waals surface area (Å²) in [6.45, 7) is 11.8. The predicted molar refractivity (Wildman–Crippen MR) is 143 cm³/mol. The Balaban J connectivity index is 2.00. The van der Waals surface area contributed by atoms with Crippen molar-refractivity contribution in [2.45, 2.75) is 60.3 Å². The van der Waals surface area contributed by atoms with Crippen LogP contribution >= 0.6 is 24.0 Å². The Labute approximate surface area is 205 Å². The number of amides is 1. The molecule has 3 heterocycles. The molecule has 1 N–H and O–H groups in total. The highest BCUT2D eigenvalue weighted by molar-refractivity contribution is 8.26. The molecule has 1 aliphatic rings. The number of anilines is 1. The van der Waals surface area contributed by atoms with Gasteiger partial charge in [-0.1, -0.05) is 77.0 Å². The first-order chi connectivity index (χ1) is 15.8. The van der Waals surface area contributed by atoms with E-state index in [2.05, 4.69) is 33.0 Å². The first-order valence-electron chi connectivity index (χ1n) is 11.8. The highest BCUT2D eigenvalue weighted by Gasteiger charge is 2.33. The summed E-state index contributed by atoms with van der Waals surface area (Å²) in [4.78, 5) is 33.6. The molecule has 1 atom stereocenters. The molecule has 0 aromatic carbocycles. The molecule has 1 saturated heterocycles. The largest absolute Gasteiger partial charge is 0.369 e. The van der Waals surface area contributed by atoms with E-state index in [0.29, 0.717) is 51.2 Å². The highest BCUT2D eigenvalue weighted by Crippen LogP contribution is 2.34. The van der Waals surface area contributed by atoms with E-state index in [0.717, 1.165) is 31.2 Å². The maximum Gasteiger partial charge on any atom is 0.267 e. The van der Waals surface area contributed by atoms with E-state index >= 15 is 0 Å². The molecular weight excluding hydrogens is 452 g/mol. The third-order valence-electron chi connectivity index (χ3n) is 5.90. The van der Waals surface area contributed by atoms with Gasteiger partial charge in [0.1, 0.15) is 15.8 Å². The first-order valence-corrected chi connectivity index (χ1v) is 13.0. The molecule has 33 heavy (non-hydrogen) atoms. The van der Waals surface area contributed by atoms with Gasteiger partial charge in [-0.15, -0.1) is 0 Å². The Hall–Kier alpha value is -2.19. The first kappa shape index (κ1) is 25.4. The average Bonchev–Trinajstić information content (AvgIpc) is 3.04. The van der Waals surface area contributed by atoms with Crippen LogP contribution in [0.15, 0.2) is 28.0 Å². The van der Waals surface area contributed by atoms with Crippen molar-refractivity contribution in [2.24, 2.45) is 11.8 Å². The van der Waals surface area contributed by atoms with Gasteiger partial charge in [-0.25, -0.2) is 4.98 Å². The minimum absolute atomic E-state index is 0.122. The van der Waals surface area contributed by atoms with Gasteiger partial charge in [0, 0.05) is 19.3 Å². The lowest BCUT2D eigenvalue weighted by molar-refractivity contribution is -0.122. The number of hydrogen-bond donors (Lipinski definition) is 1. The summed E-state index contributed by atoms with van der Waals surface area (Å²) in [6.07, 6.45) is 7.76. The summed E-state index contributed by atoms with van der Waals surface area (Å²) in [5.41, 5.74) is 1.71. The second-order valence-electron chi connectivity index (χ2n) is 9.05. The number of carbonyl (C=O) groups excluding carboxylic acids is 1. The van der Waals surface area contributed by atoms with Crippen LogP contribution in [0.1, 0.15) is 64.5 Å². The Morgan fingerprint density at radius 2 is 2.03 bits per heavy atom. The summed E-state index contributed by atoms with van der Waals surface area (Å²) in [7, 11) is 0. The Morgan fingerprint density at radius 3 is 2.70 bits per heavy atom. The molecule has 0 spiro atoms. The second kappa shape index (κ2) is 11.3. The second-order valence-corrected chi connectivity index (χ2v) is 10.7. The Kier molecular flexibility index (Phi) is 8.70. The van der Waals surface area contributed by atoms with E-state index in [4.69, 9.17) is 17.2 Å². The molecule has 0 saturated carbocycles. The smallest absolute Gasteiger partial charge is 0.267 e. The summed E-state index contributed by atoms with van der Waals surface area (Å²) in [5, 5.41) is 3.31. The van der Waals surface area contributed by atoms with Crippen molar-refractivity contribution in [3.05, 3.63) is 44.7 Å². The minimum atomic E-state index is -0.199. The van der Waals surface area contributed by atoms with E-state index in [-0.39, 0.29) is 11.5 Å². The van der Waals surface area contributed by atoms with Crippen LogP contribution < -0.4 is 10.9 Å². The summed E-state index contributed by atoms with van der Waals surface area (Å²) in [6, 6.07) is 3.76. The lowest BCUT2D eigenvalue weighted by Crippen LogP contribution is -2.33. The summed E-state index contributed by atoms with van der Waals surface area (Å²) < 4.78 is 2.10. The molecule has 0 aliphatic carbocycles. The molecule has 6 nitrogen and oxygen atoms in total. The average molecular weight is 487 g/mol. The number of nitrogens with zero attached hydrogens (tertiary/aromatic N) is 3. The molecule has 1 unspecified atom stereocenters. The number of thiocarbonyl (C=S) groups is 1. The highest BCUT2D eigenvalue weighted by atomic mass is 32.2. The zero-order valence-corrected chi connectivity index (χ0v) is 21.8. The molecule has 1 amide bonds. The van der Waals surface area contributed by atoms with Crippen LogP contribution in [0.3, 0.4) is 0 Å². The van der Waals surface area contributed by atoms with E-state index < -0.39 is 0 Å². The van der Waals surface area contributed by atoms with Crippen molar-refractivity contribution in [1.29, 1.82) is 0 Å². The van der Waals surface area contributed by atoms with E-state index in [9.17, 15) is 9.59 Å². The van der Waals surface area contributed by atoms with Gasteiger partial charge in [-0.3, -0.25) is 18.9 Å². The molecule has 0 bridgehead atoms. The van der Waals surface area contributed by atoms with Crippen molar-refractivity contribution in [1.82, 2.24) is 14.3 Å². The number of pyridine rings is 1. The topological polar surface area (TPSA) is 66.7 Å². The van der Waals surface area contributed by atoms with Crippen LogP contribution in [0.4, 0.5) is 5.82 Å². The number of unbranched alkanes of at least 4 members (excludes halogenated alkanes) is 1. The van der Waals surface area contributed by atoms with Gasteiger partial charge in [0.05, 0.1) is 10.5 Å². The molecule has 0 radical (unpaired) electrons. The van der Waals surface area contributed by atoms with Crippen LogP contribution in [0, 0.1) is 18.8 Å². The van der Waals surface area contributed by atoms with Gasteiger partial charge in [-0.05, 0) is 42.9 Å². The van der Waals surface area contributed by atoms with E-state index in [1.165, 1.54) is 11.8 Å². The van der Waals surface area contributed by atoms with Crippen LogP contribution in [0.2, 0.25) is 0 Å². The molecule has 1 fully saturated rings. The molecule has 2 aromatic heterocycles. The fourth-order valence-electron chi connectivity index (χ4n) is 3.84. The van der Waals surface area contributed by atoms with Gasteiger partial charge < -0.3 is 5.32 Å². The molecule has 178 valence electrons.